The van der Waals surface area contributed by atoms with Crippen LogP contribution in [-0.2, 0) is 14.3 Å². The first-order chi connectivity index (χ1) is 5.58. The normalized spacial score (nSPS) is 13.9. The Labute approximate surface area is 75.4 Å². The molecule has 0 aliphatic heterocycles. The second-order valence-electron chi connectivity index (χ2n) is 2.82. The van der Waals surface area contributed by atoms with Gasteiger partial charge in [-0.1, -0.05) is 0 Å². The van der Waals surface area contributed by atoms with Crippen LogP contribution in [0.15, 0.2) is 4.99 Å². The summed E-state index contributed by atoms with van der Waals surface area (Å²) in [4.78, 5) is 13.5. The van der Waals surface area contributed by atoms with Gasteiger partial charge in [-0.3, -0.25) is 0 Å². The lowest BCUT2D eigenvalue weighted by atomic mass is 10.2. The molecule has 0 rings (SSSR count). The van der Waals surface area contributed by atoms with Gasteiger partial charge >= 0.3 is 0 Å². The number of ether oxygens (including phenoxy) is 2. The van der Waals surface area contributed by atoms with Crippen molar-refractivity contribution in [2.45, 2.75) is 24.8 Å². The zero-order chi connectivity index (χ0) is 9.61. The number of methoxy groups -OCH3 is 2. The standard InChI is InChI=1S/C7H15NO3Si/c1-6(8-5-9)4-7(12,10-2)11-3/h6H,4H2,1-3,12H3. The molecule has 0 bridgehead atoms. The Morgan fingerprint density at radius 3 is 2.42 bits per heavy atom. The Morgan fingerprint density at radius 1 is 1.58 bits per heavy atom. The molecule has 0 saturated heterocycles. The summed E-state index contributed by atoms with van der Waals surface area (Å²) in [6, 6.07) is -0.0973. The third-order valence-corrected chi connectivity index (χ3v) is 3.03. The van der Waals surface area contributed by atoms with Gasteiger partial charge in [0.25, 0.3) is 0 Å². The minimum Gasteiger partial charge on any atom is -0.358 e. The molecule has 0 aromatic rings. The molecular formula is C7H15NO3Si. The van der Waals surface area contributed by atoms with Gasteiger partial charge in [0.15, 0.2) is 0 Å². The lowest BCUT2D eigenvalue weighted by Crippen LogP contribution is -2.37. The highest BCUT2D eigenvalue weighted by molar-refractivity contribution is 6.13. The summed E-state index contributed by atoms with van der Waals surface area (Å²) >= 11 is 0. The topological polar surface area (TPSA) is 47.9 Å². The Kier molecular flexibility index (Phi) is 5.00. The Morgan fingerprint density at radius 2 is 2.08 bits per heavy atom. The quantitative estimate of drug-likeness (QED) is 0.251. The van der Waals surface area contributed by atoms with E-state index in [2.05, 4.69) is 4.99 Å². The van der Waals surface area contributed by atoms with Crippen molar-refractivity contribution in [2.75, 3.05) is 14.2 Å². The molecule has 0 saturated carbocycles. The molecule has 5 heteroatoms. The summed E-state index contributed by atoms with van der Waals surface area (Å²) in [6.45, 7) is 1.83. The number of carbonyl (C=O) groups excluding carboxylic acids is 1. The molecule has 0 aliphatic rings. The van der Waals surface area contributed by atoms with Gasteiger partial charge in [0, 0.05) is 20.6 Å². The molecule has 0 fully saturated rings. The number of hydrogen-bond donors (Lipinski definition) is 0. The predicted molar refractivity (Wildman–Crippen MR) is 48.9 cm³/mol. The molecule has 0 radical (unpaired) electrons. The van der Waals surface area contributed by atoms with Gasteiger partial charge in [0.05, 0.1) is 16.3 Å². The van der Waals surface area contributed by atoms with Gasteiger partial charge in [-0.15, -0.1) is 0 Å². The first kappa shape index (κ1) is 11.5. The van der Waals surface area contributed by atoms with E-state index in [0.717, 1.165) is 10.2 Å². The summed E-state index contributed by atoms with van der Waals surface area (Å²) in [7, 11) is 3.92. The molecular weight excluding hydrogens is 174 g/mol. The van der Waals surface area contributed by atoms with Crippen molar-refractivity contribution in [1.82, 2.24) is 0 Å². The number of nitrogens with zero attached hydrogens (tertiary/aromatic N) is 1. The van der Waals surface area contributed by atoms with E-state index in [-0.39, 0.29) is 6.04 Å². The predicted octanol–water partition coefficient (Wildman–Crippen LogP) is -0.587. The fourth-order valence-corrected chi connectivity index (χ4v) is 1.51. The average Bonchev–Trinajstić information content (AvgIpc) is 2.05. The van der Waals surface area contributed by atoms with Gasteiger partial charge in [0.1, 0.15) is 5.41 Å². The fourth-order valence-electron chi connectivity index (χ4n) is 0.922. The van der Waals surface area contributed by atoms with Crippen LogP contribution in [0.4, 0.5) is 0 Å². The molecule has 0 amide bonds. The highest BCUT2D eigenvalue weighted by atomic mass is 28.1. The SMILES string of the molecule is COC([SiH3])(CC(C)N=C=O)OC. The van der Waals surface area contributed by atoms with Crippen molar-refractivity contribution in [3.8, 4) is 0 Å². The van der Waals surface area contributed by atoms with E-state index in [4.69, 9.17) is 9.47 Å². The largest absolute Gasteiger partial charge is 0.358 e. The van der Waals surface area contributed by atoms with E-state index < -0.39 is 5.41 Å². The zero-order valence-corrected chi connectivity index (χ0v) is 9.96. The summed E-state index contributed by atoms with van der Waals surface area (Å²) in [5.74, 6) is 0. The maximum atomic E-state index is 9.92. The number of isocyanates is 1. The van der Waals surface area contributed by atoms with Crippen LogP contribution in [0.2, 0.25) is 0 Å². The van der Waals surface area contributed by atoms with E-state index in [1.54, 1.807) is 14.2 Å². The van der Waals surface area contributed by atoms with Crippen LogP contribution in [0.3, 0.4) is 0 Å². The maximum Gasteiger partial charge on any atom is 0.235 e. The first-order valence-corrected chi connectivity index (χ1v) is 4.75. The van der Waals surface area contributed by atoms with Crippen molar-refractivity contribution in [3.63, 3.8) is 0 Å². The molecule has 4 nitrogen and oxygen atoms in total. The summed E-state index contributed by atoms with van der Waals surface area (Å²) in [6.07, 6.45) is 2.12. The van der Waals surface area contributed by atoms with E-state index in [1.807, 2.05) is 6.92 Å². The zero-order valence-electron chi connectivity index (χ0n) is 7.96. The first-order valence-electron chi connectivity index (χ1n) is 3.75. The monoisotopic (exact) mass is 189 g/mol. The highest BCUT2D eigenvalue weighted by Crippen LogP contribution is 2.15. The van der Waals surface area contributed by atoms with Gasteiger partial charge in [-0.2, -0.15) is 0 Å². The van der Waals surface area contributed by atoms with Gasteiger partial charge < -0.3 is 9.47 Å². The molecule has 70 valence electrons. The summed E-state index contributed by atoms with van der Waals surface area (Å²) in [5.41, 5.74) is -0.528. The summed E-state index contributed by atoms with van der Waals surface area (Å²) in [5, 5.41) is 0. The number of hydrogen-bond acceptors (Lipinski definition) is 4. The van der Waals surface area contributed by atoms with E-state index >= 15 is 0 Å². The van der Waals surface area contributed by atoms with Crippen LogP contribution in [0, 0.1) is 0 Å². The molecule has 0 heterocycles. The molecule has 0 aliphatic carbocycles. The second-order valence-corrected chi connectivity index (χ2v) is 4.34. The lowest BCUT2D eigenvalue weighted by molar-refractivity contribution is -0.147. The molecule has 12 heavy (non-hydrogen) atoms. The van der Waals surface area contributed by atoms with Crippen molar-refractivity contribution >= 4 is 16.3 Å². The third-order valence-electron chi connectivity index (χ3n) is 1.80. The fraction of sp³-hybridized carbons (Fsp3) is 0.857. The van der Waals surface area contributed by atoms with Crippen LogP contribution < -0.4 is 0 Å². The average molecular weight is 189 g/mol. The third kappa shape index (κ3) is 3.78. The second kappa shape index (κ2) is 5.21. The molecule has 0 spiro atoms. The summed E-state index contributed by atoms with van der Waals surface area (Å²) < 4.78 is 10.3. The number of aliphatic imine (C=N–C) groups is 1. The van der Waals surface area contributed by atoms with E-state index in [0.29, 0.717) is 6.42 Å². The minimum atomic E-state index is -0.528. The highest BCUT2D eigenvalue weighted by Gasteiger charge is 2.24. The van der Waals surface area contributed by atoms with Gasteiger partial charge in [-0.05, 0) is 6.92 Å². The van der Waals surface area contributed by atoms with E-state index in [9.17, 15) is 4.79 Å². The Hall–Kier alpha value is -0.483. The van der Waals surface area contributed by atoms with Crippen LogP contribution >= 0.6 is 0 Å². The van der Waals surface area contributed by atoms with Crippen molar-refractivity contribution in [3.05, 3.63) is 0 Å². The molecule has 1 atom stereocenters. The Balaban J connectivity index is 4.10. The van der Waals surface area contributed by atoms with Crippen molar-refractivity contribution in [2.24, 2.45) is 4.99 Å². The van der Waals surface area contributed by atoms with Crippen molar-refractivity contribution in [1.29, 1.82) is 0 Å². The van der Waals surface area contributed by atoms with Gasteiger partial charge in [-0.25, -0.2) is 9.79 Å². The Bertz CT molecular complexity index is 175. The smallest absolute Gasteiger partial charge is 0.235 e. The maximum absolute atomic E-state index is 9.92. The molecule has 0 aromatic heterocycles. The van der Waals surface area contributed by atoms with Crippen LogP contribution in [0.5, 0.6) is 0 Å². The number of rotatable bonds is 5. The van der Waals surface area contributed by atoms with Crippen molar-refractivity contribution < 1.29 is 14.3 Å². The van der Waals surface area contributed by atoms with E-state index in [1.165, 1.54) is 6.08 Å². The van der Waals surface area contributed by atoms with Crippen LogP contribution in [0.25, 0.3) is 0 Å². The molecule has 0 aromatic carbocycles. The van der Waals surface area contributed by atoms with Crippen LogP contribution in [0.1, 0.15) is 13.3 Å². The van der Waals surface area contributed by atoms with Gasteiger partial charge in [0.2, 0.25) is 6.08 Å². The minimum absolute atomic E-state index is 0.0973. The lowest BCUT2D eigenvalue weighted by Gasteiger charge is -2.27. The van der Waals surface area contributed by atoms with Crippen LogP contribution in [-0.4, -0.2) is 42.0 Å². The molecule has 0 N–H and O–H groups in total. The molecule has 1 unspecified atom stereocenters.